The Morgan fingerprint density at radius 2 is 1.42 bits per heavy atom. The third-order valence-electron chi connectivity index (χ3n) is 2.85. The van der Waals surface area contributed by atoms with E-state index in [0.717, 1.165) is 17.2 Å². The summed E-state index contributed by atoms with van der Waals surface area (Å²) in [4.78, 5) is 11.8. The molecular weight excluding hydrogens is 246 g/mol. The molecule has 0 aromatic heterocycles. The first-order valence-electron chi connectivity index (χ1n) is 6.05. The molecule has 19 heavy (non-hydrogen) atoms. The van der Waals surface area contributed by atoms with Gasteiger partial charge in [-0.15, -0.1) is 0 Å². The van der Waals surface area contributed by atoms with E-state index in [1.165, 1.54) is 12.1 Å². The zero-order valence-corrected chi connectivity index (χ0v) is 10.6. The van der Waals surface area contributed by atoms with Gasteiger partial charge < -0.3 is 0 Å². The molecule has 2 aromatic rings. The Labute approximate surface area is 110 Å². The first-order chi connectivity index (χ1) is 9.02. The molecule has 3 heteroatoms. The van der Waals surface area contributed by atoms with Crippen LogP contribution in [0.1, 0.15) is 16.7 Å². The number of benzene rings is 2. The maximum absolute atomic E-state index is 13.0. The third kappa shape index (κ3) is 3.98. The molecule has 0 aliphatic heterocycles. The zero-order chi connectivity index (χ0) is 13.8. The molecule has 0 radical (unpaired) electrons. The van der Waals surface area contributed by atoms with Crippen LogP contribution in [0, 0.1) is 18.6 Å². The highest BCUT2D eigenvalue weighted by atomic mass is 19.1. The van der Waals surface area contributed by atoms with Gasteiger partial charge in [-0.05, 0) is 30.2 Å². The summed E-state index contributed by atoms with van der Waals surface area (Å²) in [5.41, 5.74) is 2.41. The predicted octanol–water partition coefficient (Wildman–Crippen LogP) is 3.63. The summed E-state index contributed by atoms with van der Waals surface area (Å²) >= 11 is 0. The Bertz CT molecular complexity index is 568. The number of carbonyl (C=O) groups is 1. The summed E-state index contributed by atoms with van der Waals surface area (Å²) in [7, 11) is 0. The first kappa shape index (κ1) is 13.4. The lowest BCUT2D eigenvalue weighted by molar-refractivity contribution is -0.117. The number of rotatable bonds is 4. The number of carbonyl (C=O) groups excluding carboxylic acids is 1. The minimum atomic E-state index is -0.655. The summed E-state index contributed by atoms with van der Waals surface area (Å²) in [6.45, 7) is 1.97. The molecule has 0 aliphatic carbocycles. The Morgan fingerprint density at radius 3 is 2.00 bits per heavy atom. The van der Waals surface area contributed by atoms with Gasteiger partial charge in [0.05, 0.1) is 0 Å². The van der Waals surface area contributed by atoms with Gasteiger partial charge in [-0.2, -0.15) is 0 Å². The molecule has 0 saturated heterocycles. The van der Waals surface area contributed by atoms with Crippen LogP contribution in [0.5, 0.6) is 0 Å². The molecule has 1 nitrogen and oxygen atoms in total. The van der Waals surface area contributed by atoms with E-state index in [1.807, 2.05) is 31.2 Å². The molecule has 0 saturated carbocycles. The number of hydrogen-bond donors (Lipinski definition) is 0. The van der Waals surface area contributed by atoms with Gasteiger partial charge in [0, 0.05) is 18.9 Å². The maximum Gasteiger partial charge on any atom is 0.141 e. The van der Waals surface area contributed by atoms with Gasteiger partial charge in [-0.3, -0.25) is 4.79 Å². The summed E-state index contributed by atoms with van der Waals surface area (Å²) in [5, 5.41) is 0. The van der Waals surface area contributed by atoms with Gasteiger partial charge in [0.25, 0.3) is 0 Å². The number of halogens is 2. The zero-order valence-electron chi connectivity index (χ0n) is 10.6. The first-order valence-corrected chi connectivity index (χ1v) is 6.05. The topological polar surface area (TPSA) is 17.1 Å². The molecule has 0 aliphatic rings. The Balaban J connectivity index is 2.03. The number of hydrogen-bond acceptors (Lipinski definition) is 1. The van der Waals surface area contributed by atoms with E-state index < -0.39 is 11.6 Å². The van der Waals surface area contributed by atoms with Crippen molar-refractivity contribution in [2.45, 2.75) is 19.8 Å². The molecule has 0 atom stereocenters. The van der Waals surface area contributed by atoms with Crippen molar-refractivity contribution in [1.82, 2.24) is 0 Å². The van der Waals surface area contributed by atoms with Gasteiger partial charge in [-0.1, -0.05) is 29.8 Å². The van der Waals surface area contributed by atoms with Crippen LogP contribution in [0.15, 0.2) is 42.5 Å². The van der Waals surface area contributed by atoms with Gasteiger partial charge in [0.2, 0.25) is 0 Å². The lowest BCUT2D eigenvalue weighted by Crippen LogP contribution is -2.07. The summed E-state index contributed by atoms with van der Waals surface area (Å²) in [6, 6.07) is 10.8. The molecule has 0 unspecified atom stereocenters. The highest BCUT2D eigenvalue weighted by Gasteiger charge is 2.07. The van der Waals surface area contributed by atoms with Crippen LogP contribution >= 0.6 is 0 Å². The number of ketones is 1. The number of Topliss-reactive ketones (excluding diaryl/α,β-unsaturated/α-hetero) is 1. The van der Waals surface area contributed by atoms with E-state index >= 15 is 0 Å². The minimum absolute atomic E-state index is 0.0442. The Kier molecular flexibility index (Phi) is 4.05. The van der Waals surface area contributed by atoms with Crippen LogP contribution in [-0.2, 0) is 17.6 Å². The SMILES string of the molecule is Cc1ccc(CC(=O)Cc2cc(F)cc(F)c2)cc1. The largest absolute Gasteiger partial charge is 0.299 e. The molecular formula is C16H14F2O. The smallest absolute Gasteiger partial charge is 0.141 e. The quantitative estimate of drug-likeness (QED) is 0.820. The van der Waals surface area contributed by atoms with Crippen molar-refractivity contribution in [2.75, 3.05) is 0 Å². The highest BCUT2D eigenvalue weighted by molar-refractivity contribution is 5.83. The van der Waals surface area contributed by atoms with Crippen LogP contribution in [-0.4, -0.2) is 5.78 Å². The molecule has 2 aromatic carbocycles. The van der Waals surface area contributed by atoms with Crippen molar-refractivity contribution < 1.29 is 13.6 Å². The second kappa shape index (κ2) is 5.74. The Morgan fingerprint density at radius 1 is 0.895 bits per heavy atom. The van der Waals surface area contributed by atoms with Crippen molar-refractivity contribution in [2.24, 2.45) is 0 Å². The van der Waals surface area contributed by atoms with E-state index in [2.05, 4.69) is 0 Å². The maximum atomic E-state index is 13.0. The molecule has 0 spiro atoms. The van der Waals surface area contributed by atoms with Crippen LogP contribution in [0.3, 0.4) is 0 Å². The molecule has 0 fully saturated rings. The van der Waals surface area contributed by atoms with Crippen LogP contribution < -0.4 is 0 Å². The van der Waals surface area contributed by atoms with Crippen LogP contribution in [0.25, 0.3) is 0 Å². The van der Waals surface area contributed by atoms with E-state index in [0.29, 0.717) is 5.56 Å². The van der Waals surface area contributed by atoms with E-state index in [-0.39, 0.29) is 18.6 Å². The van der Waals surface area contributed by atoms with Crippen molar-refractivity contribution in [1.29, 1.82) is 0 Å². The highest BCUT2D eigenvalue weighted by Crippen LogP contribution is 2.11. The van der Waals surface area contributed by atoms with Gasteiger partial charge >= 0.3 is 0 Å². The van der Waals surface area contributed by atoms with Crippen molar-refractivity contribution >= 4 is 5.78 Å². The van der Waals surface area contributed by atoms with Crippen LogP contribution in [0.2, 0.25) is 0 Å². The molecule has 0 bridgehead atoms. The molecule has 0 heterocycles. The standard InChI is InChI=1S/C16H14F2O/c1-11-2-4-12(5-3-11)8-16(19)9-13-6-14(17)10-15(18)7-13/h2-7,10H,8-9H2,1H3. The van der Waals surface area contributed by atoms with Gasteiger partial charge in [0.1, 0.15) is 17.4 Å². The fourth-order valence-electron chi connectivity index (χ4n) is 1.94. The Hall–Kier alpha value is -2.03. The predicted molar refractivity (Wildman–Crippen MR) is 70.0 cm³/mol. The lowest BCUT2D eigenvalue weighted by atomic mass is 10.0. The molecule has 2 rings (SSSR count). The average Bonchev–Trinajstić information content (AvgIpc) is 2.30. The second-order valence-electron chi connectivity index (χ2n) is 4.66. The fourth-order valence-corrected chi connectivity index (χ4v) is 1.94. The summed E-state index contributed by atoms with van der Waals surface area (Å²) in [6.07, 6.45) is 0.320. The second-order valence-corrected chi connectivity index (χ2v) is 4.66. The van der Waals surface area contributed by atoms with Gasteiger partial charge in [-0.25, -0.2) is 8.78 Å². The number of aryl methyl sites for hydroxylation is 1. The van der Waals surface area contributed by atoms with Crippen LogP contribution in [0.4, 0.5) is 8.78 Å². The molecule has 0 N–H and O–H groups in total. The summed E-state index contributed by atoms with van der Waals surface area (Å²) < 4.78 is 26.0. The van der Waals surface area contributed by atoms with E-state index in [1.54, 1.807) is 0 Å². The summed E-state index contributed by atoms with van der Waals surface area (Å²) in [5.74, 6) is -1.37. The average molecular weight is 260 g/mol. The van der Waals surface area contributed by atoms with E-state index in [9.17, 15) is 13.6 Å². The fraction of sp³-hybridized carbons (Fsp3) is 0.188. The van der Waals surface area contributed by atoms with Crippen molar-refractivity contribution in [3.05, 3.63) is 70.8 Å². The normalized spacial score (nSPS) is 10.5. The monoisotopic (exact) mass is 260 g/mol. The van der Waals surface area contributed by atoms with E-state index in [4.69, 9.17) is 0 Å². The van der Waals surface area contributed by atoms with Crippen molar-refractivity contribution in [3.63, 3.8) is 0 Å². The molecule has 0 amide bonds. The third-order valence-corrected chi connectivity index (χ3v) is 2.85. The van der Waals surface area contributed by atoms with Crippen molar-refractivity contribution in [3.8, 4) is 0 Å². The molecule has 98 valence electrons. The minimum Gasteiger partial charge on any atom is -0.299 e. The lowest BCUT2D eigenvalue weighted by Gasteiger charge is -2.03. The van der Waals surface area contributed by atoms with Gasteiger partial charge in [0.15, 0.2) is 0 Å².